The third-order valence-corrected chi connectivity index (χ3v) is 23.1. The lowest BCUT2D eigenvalue weighted by Crippen LogP contribution is -2.69. The fourth-order valence-corrected chi connectivity index (χ4v) is 17.8. The summed E-state index contributed by atoms with van der Waals surface area (Å²) in [4.78, 5) is 58.8. The fourth-order valence-electron chi connectivity index (χ4n) is 15.6. The molecule has 864 valence electrons. The van der Waals surface area contributed by atoms with E-state index in [-0.39, 0.29) is 0 Å². The van der Waals surface area contributed by atoms with Crippen LogP contribution in [0.25, 0.3) is 0 Å². The molecular weight excluding hydrogens is 2080 g/mol. The van der Waals surface area contributed by atoms with Crippen LogP contribution in [0.1, 0.15) is 173 Å². The van der Waals surface area contributed by atoms with Crippen molar-refractivity contribution in [2.45, 2.75) is 463 Å². The van der Waals surface area contributed by atoms with Gasteiger partial charge in [-0.3, -0.25) is 8.98 Å². The van der Waals surface area contributed by atoms with Gasteiger partial charge in [-0.2, -0.15) is 0 Å². The van der Waals surface area contributed by atoms with Crippen LogP contribution in [0.4, 0.5) is 0 Å². The van der Waals surface area contributed by atoms with E-state index >= 15 is 0 Å². The minimum Gasteiger partial charge on any atom is -0.735 e. The standard InChI is InChI=1S/C22H39NO12.C20H37NO17S2.2C20H37NO14S/c1-9(25)23-11-12(26)15(10(8-24)31-19(11)35-22(5,6)7)32-20-14(28)13(27)16(34-21(2,3)4)17(33-20)18(29)30;1-19(2,3)36-13-11(24)14(38-40(30,31)32)18(35-15(13)16(25)26)34-12-8(7-22)33-17(37-20(4,5)6)9(10(12)23)21-39(27,28)29;2*1-19(2,3)34-14-11(24)12(25)18(33-15(14)16(26)27)32-13-8(7-22)31-17(35-20(4,5)6)9(10(13)23)21-36(28,29)30/h10-17,19-20,24,26-28H,8H2,1-7H3,(H,23,25)(H,29,30);8-15,17-18,21-24H,7H2,1-6H3,(H,25,26)(H,27,28,29)(H,30,31,32);2*8-15,17-18,21-25H,7H2,1-6H3,(H,26,27)(H,28,29,30)/p-8/t10?,11?,12-,13-,14?,15+,16-,17?,19+,20+;8?,9?,10-,11+,12+,13-,14?,15?,17+,18+;2*8?,9?,10-,11-,12?,13+,14-,15?,17+,18+/m0000/s1. The molecular formula is C82H142N4O57S4-8. The number of rotatable bonds is 33. The average molecular weight is 2220 g/mol. The van der Waals surface area contributed by atoms with Crippen LogP contribution >= 0.6 is 0 Å². The Hall–Kier alpha value is -4.57. The van der Waals surface area contributed by atoms with Crippen LogP contribution in [-0.2, 0) is 164 Å². The normalized spacial score (nSPS) is 38.0. The highest BCUT2D eigenvalue weighted by Crippen LogP contribution is 2.41. The molecule has 8 heterocycles. The number of amides is 1. The Morgan fingerprint density at radius 1 is 0.259 bits per heavy atom. The lowest BCUT2D eigenvalue weighted by molar-refractivity contribution is -0.374. The summed E-state index contributed by atoms with van der Waals surface area (Å²) in [5, 5.41) is 207. The molecule has 0 bridgehead atoms. The molecule has 147 heavy (non-hydrogen) atoms. The van der Waals surface area contributed by atoms with Crippen LogP contribution in [0.2, 0.25) is 0 Å². The molecule has 0 aromatic rings. The van der Waals surface area contributed by atoms with E-state index in [9.17, 15) is 173 Å². The highest BCUT2D eigenvalue weighted by Gasteiger charge is 2.61. The van der Waals surface area contributed by atoms with Gasteiger partial charge in [0, 0.05) is 6.92 Å². The van der Waals surface area contributed by atoms with Crippen molar-refractivity contribution in [1.82, 2.24) is 19.5 Å². The largest absolute Gasteiger partial charge is 0.735 e. The molecule has 61 nitrogen and oxygen atoms in total. The molecule has 40 atom stereocenters. The van der Waals surface area contributed by atoms with E-state index in [1.807, 2.05) is 0 Å². The topological polar surface area (TPSA) is 952 Å². The molecule has 16 unspecified atom stereocenters. The van der Waals surface area contributed by atoms with Gasteiger partial charge in [0.15, 0.2) is 87.3 Å². The molecule has 0 saturated carbocycles. The van der Waals surface area contributed by atoms with Crippen molar-refractivity contribution < 1.29 is 272 Å². The Bertz CT molecular complexity index is 4540. The first-order valence-corrected chi connectivity index (χ1v) is 51.0. The molecule has 8 saturated heterocycles. The van der Waals surface area contributed by atoms with E-state index in [0.29, 0.717) is 0 Å². The van der Waals surface area contributed by atoms with Crippen molar-refractivity contribution in [3.8, 4) is 0 Å². The molecule has 0 spiro atoms. The van der Waals surface area contributed by atoms with Gasteiger partial charge in [0.2, 0.25) is 16.3 Å². The average Bonchev–Trinajstić information content (AvgIpc) is 0.768. The summed E-state index contributed by atoms with van der Waals surface area (Å²) < 4.78 is 257. The SMILES string of the molecule is CC(=O)NC1[C@@H](OC(C)(C)C)OC(CO)[C@@H](O[C@@H]2OC(C(=O)[O-])[C@@H](OC(C)(C)C)[C@@H](O)C2O)[C@H]1O.CC(C)(C)O[C@H]1OC(CO)[C@@H](O[C@@H]2OC(C(=O)[O-])[C@@H](OC(C)(C)C)[C@@H](O)C2O)[C@@H](O)C1NS(=O)(=O)[O-].CC(C)(C)O[C@H]1OC(CO)[C@@H](O[C@@H]2OC(C(=O)[O-])[C@@H](OC(C)(C)C)[C@@H](O)C2O)[C@@H](O)C1NS(=O)(=O)[O-].CC(C)(C)O[C@H]1OC(CO)[C@@H](O[C@@H]2OC(C(=O)[O-])[C@@H](OC(C)(C)C)[C@@H](O)C2OS(=O)(=O)[O-])[C@@H](O)C1NS(=O)(=O)[O-]. The van der Waals surface area contributed by atoms with E-state index in [1.165, 1.54) is 48.5 Å². The molecule has 8 aliphatic rings. The Labute approximate surface area is 848 Å². The van der Waals surface area contributed by atoms with Gasteiger partial charge in [-0.05, 0) is 166 Å². The van der Waals surface area contributed by atoms with E-state index in [4.69, 9.17) is 94.7 Å². The van der Waals surface area contributed by atoms with E-state index < -0.39 is 388 Å². The zero-order valence-electron chi connectivity index (χ0n) is 84.9. The number of carbonyl (C=O) groups excluding carboxylic acids is 5. The third-order valence-electron chi connectivity index (χ3n) is 20.9. The number of aliphatic hydroxyl groups excluding tert-OH is 15. The number of aliphatic hydroxyl groups is 15. The van der Waals surface area contributed by atoms with Gasteiger partial charge in [0.1, 0.15) is 189 Å². The van der Waals surface area contributed by atoms with Crippen LogP contribution in [0.3, 0.4) is 0 Å². The van der Waals surface area contributed by atoms with Gasteiger partial charge >= 0.3 is 0 Å². The third kappa shape index (κ3) is 40.9. The van der Waals surface area contributed by atoms with Crippen molar-refractivity contribution in [3.05, 3.63) is 0 Å². The number of hydrogen-bond acceptors (Lipinski definition) is 57. The molecule has 0 aromatic heterocycles. The first-order chi connectivity index (χ1) is 66.3. The summed E-state index contributed by atoms with van der Waals surface area (Å²) in [6, 6.07) is -6.52. The molecule has 0 aromatic carbocycles. The minimum absolute atomic E-state index is 0.509. The van der Waals surface area contributed by atoms with Gasteiger partial charge in [0.25, 0.3) is 0 Å². The zero-order valence-corrected chi connectivity index (χ0v) is 88.2. The minimum atomic E-state index is -5.62. The number of nitrogens with one attached hydrogen (secondary N) is 4. The first kappa shape index (κ1) is 133. The van der Waals surface area contributed by atoms with Crippen molar-refractivity contribution in [2.24, 2.45) is 0 Å². The van der Waals surface area contributed by atoms with Gasteiger partial charge in [-0.1, -0.05) is 0 Å². The van der Waals surface area contributed by atoms with Crippen LogP contribution in [0.15, 0.2) is 0 Å². The number of carboxylic acids is 4. The Balaban J connectivity index is 0.000000345. The van der Waals surface area contributed by atoms with Gasteiger partial charge in [-0.15, -0.1) is 0 Å². The summed E-state index contributed by atoms with van der Waals surface area (Å²) in [5.41, 5.74) is -7.59. The lowest BCUT2D eigenvalue weighted by Gasteiger charge is -2.50. The molecule has 8 rings (SSSR count). The first-order valence-electron chi connectivity index (χ1n) is 45.5. The Morgan fingerprint density at radius 2 is 0.449 bits per heavy atom. The van der Waals surface area contributed by atoms with E-state index in [1.54, 1.807) is 139 Å². The van der Waals surface area contributed by atoms with E-state index in [0.717, 1.165) is 0 Å². The molecule has 8 fully saturated rings. The van der Waals surface area contributed by atoms with Crippen molar-refractivity contribution in [1.29, 1.82) is 0 Å². The maximum atomic E-state index is 11.8. The predicted molar refractivity (Wildman–Crippen MR) is 467 cm³/mol. The van der Waals surface area contributed by atoms with Crippen LogP contribution in [0, 0.1) is 0 Å². The van der Waals surface area contributed by atoms with Crippen molar-refractivity contribution >= 4 is 71.1 Å². The molecule has 0 aliphatic carbocycles. The monoisotopic (exact) mass is 2220 g/mol. The second-order valence-corrected chi connectivity index (χ2v) is 47.3. The highest BCUT2D eigenvalue weighted by atomic mass is 32.3. The Kier molecular flexibility index (Phi) is 47.1. The number of aliphatic carboxylic acids is 4. The summed E-state index contributed by atoms with van der Waals surface area (Å²) in [7, 11) is -21.2. The van der Waals surface area contributed by atoms with Crippen LogP contribution < -0.4 is 39.9 Å². The summed E-state index contributed by atoms with van der Waals surface area (Å²) in [5.74, 6) is -7.77. The molecule has 19 N–H and O–H groups in total. The van der Waals surface area contributed by atoms with Crippen molar-refractivity contribution in [2.75, 3.05) is 26.4 Å². The Morgan fingerprint density at radius 3 is 0.633 bits per heavy atom. The maximum absolute atomic E-state index is 11.8. The molecule has 65 heteroatoms. The lowest BCUT2D eigenvalue weighted by atomic mass is 9.94. The maximum Gasteiger partial charge on any atom is 0.218 e. The predicted octanol–water partition coefficient (Wildman–Crippen LogP) is -15.2. The molecule has 1 amide bonds. The molecule has 8 aliphatic heterocycles. The summed E-state index contributed by atoms with van der Waals surface area (Å²) >= 11 is 0. The summed E-state index contributed by atoms with van der Waals surface area (Å²) in [6.07, 6.45) is -63.7. The number of hydrogen-bond donors (Lipinski definition) is 19. The van der Waals surface area contributed by atoms with Crippen LogP contribution in [0.5, 0.6) is 0 Å². The number of ether oxygens (including phenoxy) is 20. The molecule has 0 radical (unpaired) electrons. The van der Waals surface area contributed by atoms with Gasteiger partial charge < -0.3 is 234 Å². The smallest absolute Gasteiger partial charge is 0.218 e. The number of carbonyl (C=O) groups is 5. The highest BCUT2D eigenvalue weighted by molar-refractivity contribution is 7.84. The second-order valence-electron chi connectivity index (χ2n) is 42.9. The van der Waals surface area contributed by atoms with Gasteiger partial charge in [-0.25, -0.2) is 47.8 Å². The second kappa shape index (κ2) is 52.1. The quantitative estimate of drug-likeness (QED) is 0.0214. The number of carboxylic acid groups (broad SMARTS) is 4. The summed E-state index contributed by atoms with van der Waals surface area (Å²) in [6.45, 7) is 36.0. The van der Waals surface area contributed by atoms with Crippen LogP contribution in [-0.4, -0.2) is 475 Å². The van der Waals surface area contributed by atoms with E-state index in [2.05, 4.69) is 9.50 Å². The zero-order chi connectivity index (χ0) is 113. The fraction of sp³-hybridized carbons (Fsp3) is 0.939. The van der Waals surface area contributed by atoms with Crippen molar-refractivity contribution in [3.63, 3.8) is 0 Å². The van der Waals surface area contributed by atoms with Gasteiger partial charge in [0.05, 0.1) is 95.1 Å².